The molecule has 0 aliphatic carbocycles. The minimum Gasteiger partial charge on any atom is -0.459 e. The normalized spacial score (nSPS) is 10.7. The predicted molar refractivity (Wildman–Crippen MR) is 102 cm³/mol. The van der Waals surface area contributed by atoms with Gasteiger partial charge in [-0.25, -0.2) is 14.0 Å². The number of nitrogens with one attached hydrogen (secondary N) is 1. The highest BCUT2D eigenvalue weighted by Crippen LogP contribution is 2.11. The summed E-state index contributed by atoms with van der Waals surface area (Å²) in [5, 5.41) is 2.54. The summed E-state index contributed by atoms with van der Waals surface area (Å²) in [5.41, 5.74) is 1.30. The van der Waals surface area contributed by atoms with Crippen LogP contribution in [0.25, 0.3) is 6.08 Å². The Balaban J connectivity index is 1.80. The lowest BCUT2D eigenvalue weighted by Crippen LogP contribution is -2.20. The highest BCUT2D eigenvalue weighted by molar-refractivity contribution is 5.95. The van der Waals surface area contributed by atoms with Crippen molar-refractivity contribution in [3.63, 3.8) is 0 Å². The lowest BCUT2D eigenvalue weighted by Gasteiger charge is -2.09. The first kappa shape index (κ1) is 20.8. The van der Waals surface area contributed by atoms with Crippen molar-refractivity contribution in [1.29, 1.82) is 0 Å². The van der Waals surface area contributed by atoms with E-state index in [-0.39, 0.29) is 6.10 Å². The number of amides is 1. The number of hydrogen-bond acceptors (Lipinski definition) is 5. The first-order chi connectivity index (χ1) is 13.3. The van der Waals surface area contributed by atoms with E-state index in [1.54, 1.807) is 32.0 Å². The van der Waals surface area contributed by atoms with E-state index in [0.29, 0.717) is 16.8 Å². The molecule has 1 amide bonds. The lowest BCUT2D eigenvalue weighted by atomic mass is 10.2. The van der Waals surface area contributed by atoms with Gasteiger partial charge in [-0.15, -0.1) is 0 Å². The predicted octanol–water partition coefficient (Wildman–Crippen LogP) is 3.59. The fourth-order valence-corrected chi connectivity index (χ4v) is 2.13. The SMILES string of the molecule is CC(C)OC(=O)c1ccc(NC(=O)COC(=O)/C=C/c2cccc(F)c2)cc1. The van der Waals surface area contributed by atoms with Crippen LogP contribution in [0.3, 0.4) is 0 Å². The first-order valence-corrected chi connectivity index (χ1v) is 8.55. The summed E-state index contributed by atoms with van der Waals surface area (Å²) in [6, 6.07) is 11.8. The monoisotopic (exact) mass is 385 g/mol. The van der Waals surface area contributed by atoms with E-state index in [9.17, 15) is 18.8 Å². The van der Waals surface area contributed by atoms with Gasteiger partial charge in [0.25, 0.3) is 5.91 Å². The molecule has 28 heavy (non-hydrogen) atoms. The molecule has 0 aliphatic rings. The number of esters is 2. The Morgan fingerprint density at radius 3 is 2.46 bits per heavy atom. The van der Waals surface area contributed by atoms with Crippen molar-refractivity contribution in [3.8, 4) is 0 Å². The largest absolute Gasteiger partial charge is 0.459 e. The summed E-state index contributed by atoms with van der Waals surface area (Å²) in [7, 11) is 0. The van der Waals surface area contributed by atoms with E-state index in [4.69, 9.17) is 9.47 Å². The maximum absolute atomic E-state index is 13.0. The fraction of sp³-hybridized carbons (Fsp3) is 0.190. The third kappa shape index (κ3) is 7.03. The Bertz CT molecular complexity index is 875. The lowest BCUT2D eigenvalue weighted by molar-refractivity contribution is -0.142. The Kier molecular flexibility index (Phi) is 7.45. The zero-order valence-electron chi connectivity index (χ0n) is 15.5. The van der Waals surface area contributed by atoms with Gasteiger partial charge in [0, 0.05) is 11.8 Å². The number of benzene rings is 2. The smallest absolute Gasteiger partial charge is 0.338 e. The van der Waals surface area contributed by atoms with Crippen LogP contribution in [0.4, 0.5) is 10.1 Å². The maximum atomic E-state index is 13.0. The first-order valence-electron chi connectivity index (χ1n) is 8.55. The standard InChI is InChI=1S/C21H20FNO5/c1-14(2)28-21(26)16-7-9-18(10-8-16)23-19(24)13-27-20(25)11-6-15-4-3-5-17(22)12-15/h3-12,14H,13H2,1-2H3,(H,23,24)/b11-6+. The van der Waals surface area contributed by atoms with Crippen LogP contribution < -0.4 is 5.32 Å². The van der Waals surface area contributed by atoms with Crippen molar-refractivity contribution in [2.75, 3.05) is 11.9 Å². The molecule has 7 heteroatoms. The molecule has 0 radical (unpaired) electrons. The molecule has 6 nitrogen and oxygen atoms in total. The molecule has 0 saturated carbocycles. The number of carbonyl (C=O) groups excluding carboxylic acids is 3. The van der Waals surface area contributed by atoms with Crippen LogP contribution in [0.2, 0.25) is 0 Å². The van der Waals surface area contributed by atoms with Crippen LogP contribution in [0.15, 0.2) is 54.6 Å². The third-order valence-corrected chi connectivity index (χ3v) is 3.35. The third-order valence-electron chi connectivity index (χ3n) is 3.35. The number of rotatable bonds is 7. The summed E-state index contributed by atoms with van der Waals surface area (Å²) in [4.78, 5) is 35.2. The summed E-state index contributed by atoms with van der Waals surface area (Å²) in [6.07, 6.45) is 2.27. The van der Waals surface area contributed by atoms with Crippen molar-refractivity contribution in [3.05, 3.63) is 71.6 Å². The second kappa shape index (κ2) is 10.0. The number of carbonyl (C=O) groups is 3. The van der Waals surface area contributed by atoms with Crippen LogP contribution in [0, 0.1) is 5.82 Å². The van der Waals surface area contributed by atoms with Crippen LogP contribution in [0.1, 0.15) is 29.8 Å². The van der Waals surface area contributed by atoms with Gasteiger partial charge in [-0.3, -0.25) is 4.79 Å². The van der Waals surface area contributed by atoms with Crippen molar-refractivity contribution in [1.82, 2.24) is 0 Å². The van der Waals surface area contributed by atoms with Crippen molar-refractivity contribution >= 4 is 29.6 Å². The quantitative estimate of drug-likeness (QED) is 0.582. The molecule has 2 rings (SSSR count). The minimum absolute atomic E-state index is 0.225. The number of anilines is 1. The van der Waals surface area contributed by atoms with Gasteiger partial charge in [0.05, 0.1) is 11.7 Å². The van der Waals surface area contributed by atoms with Crippen molar-refractivity contribution < 1.29 is 28.2 Å². The van der Waals surface area contributed by atoms with E-state index in [2.05, 4.69) is 5.32 Å². The Morgan fingerprint density at radius 2 is 1.82 bits per heavy atom. The summed E-state index contributed by atoms with van der Waals surface area (Å²) >= 11 is 0. The number of ether oxygens (including phenoxy) is 2. The molecular formula is C21H20FNO5. The molecule has 0 aromatic heterocycles. The summed E-state index contributed by atoms with van der Waals surface area (Å²) in [5.74, 6) is -2.14. The average molecular weight is 385 g/mol. The zero-order valence-corrected chi connectivity index (χ0v) is 15.5. The van der Waals surface area contributed by atoms with E-state index in [0.717, 1.165) is 6.08 Å². The summed E-state index contributed by atoms with van der Waals surface area (Å²) in [6.45, 7) is 3.02. The van der Waals surface area contributed by atoms with Gasteiger partial charge >= 0.3 is 11.9 Å². The molecule has 0 aliphatic heterocycles. The number of halogens is 1. The van der Waals surface area contributed by atoms with E-state index < -0.39 is 30.3 Å². The molecule has 2 aromatic rings. The molecule has 1 N–H and O–H groups in total. The minimum atomic E-state index is -0.730. The second-order valence-electron chi connectivity index (χ2n) is 6.08. The molecule has 0 heterocycles. The van der Waals surface area contributed by atoms with E-state index >= 15 is 0 Å². The van der Waals surface area contributed by atoms with Crippen LogP contribution in [0.5, 0.6) is 0 Å². The molecular weight excluding hydrogens is 365 g/mol. The van der Waals surface area contributed by atoms with Crippen LogP contribution >= 0.6 is 0 Å². The Morgan fingerprint density at radius 1 is 1.11 bits per heavy atom. The van der Waals surface area contributed by atoms with E-state index in [1.165, 1.54) is 36.4 Å². The van der Waals surface area contributed by atoms with Gasteiger partial charge in [-0.2, -0.15) is 0 Å². The van der Waals surface area contributed by atoms with Crippen molar-refractivity contribution in [2.45, 2.75) is 20.0 Å². The zero-order chi connectivity index (χ0) is 20.5. The van der Waals surface area contributed by atoms with Crippen LogP contribution in [-0.4, -0.2) is 30.6 Å². The molecule has 0 bridgehead atoms. The van der Waals surface area contributed by atoms with Gasteiger partial charge in [0.2, 0.25) is 0 Å². The Labute approximate surface area is 162 Å². The molecule has 0 atom stereocenters. The van der Waals surface area contributed by atoms with Crippen molar-refractivity contribution in [2.24, 2.45) is 0 Å². The van der Waals surface area contributed by atoms with Gasteiger partial charge in [0.15, 0.2) is 6.61 Å². The van der Waals surface area contributed by atoms with E-state index in [1.807, 2.05) is 0 Å². The highest BCUT2D eigenvalue weighted by atomic mass is 19.1. The summed E-state index contributed by atoms with van der Waals surface area (Å²) < 4.78 is 22.9. The van der Waals surface area contributed by atoms with Gasteiger partial charge < -0.3 is 14.8 Å². The molecule has 146 valence electrons. The molecule has 2 aromatic carbocycles. The fourth-order valence-electron chi connectivity index (χ4n) is 2.13. The van der Waals surface area contributed by atoms with Gasteiger partial charge in [-0.1, -0.05) is 12.1 Å². The second-order valence-corrected chi connectivity index (χ2v) is 6.08. The van der Waals surface area contributed by atoms with Gasteiger partial charge in [-0.05, 0) is 61.9 Å². The maximum Gasteiger partial charge on any atom is 0.338 e. The molecule has 0 unspecified atom stereocenters. The van der Waals surface area contributed by atoms with Gasteiger partial charge in [0.1, 0.15) is 5.82 Å². The molecule has 0 spiro atoms. The highest BCUT2D eigenvalue weighted by Gasteiger charge is 2.10. The number of hydrogen-bond donors (Lipinski definition) is 1. The molecule has 0 fully saturated rings. The topological polar surface area (TPSA) is 81.7 Å². The Hall–Kier alpha value is -3.48. The average Bonchev–Trinajstić information content (AvgIpc) is 2.65. The molecule has 0 saturated heterocycles. The van der Waals surface area contributed by atoms with Crippen LogP contribution in [-0.2, 0) is 19.1 Å².